The first-order valence-corrected chi connectivity index (χ1v) is 6.82. The SMILES string of the molecule is CCOc1cc(N2CCCCC2C(N)=O)c(N)cc1F. The highest BCUT2D eigenvalue weighted by molar-refractivity contribution is 5.86. The number of nitrogens with zero attached hydrogens (tertiary/aromatic N) is 1. The predicted molar refractivity (Wildman–Crippen MR) is 76.2 cm³/mol. The molecular formula is C14H20FN3O2. The van der Waals surface area contributed by atoms with Gasteiger partial charge in [-0.05, 0) is 26.2 Å². The van der Waals surface area contributed by atoms with Gasteiger partial charge in [-0.2, -0.15) is 0 Å². The fourth-order valence-corrected chi connectivity index (χ4v) is 2.59. The lowest BCUT2D eigenvalue weighted by molar-refractivity contribution is -0.119. The summed E-state index contributed by atoms with van der Waals surface area (Å²) >= 11 is 0. The molecule has 1 aliphatic rings. The third kappa shape index (κ3) is 2.79. The van der Waals surface area contributed by atoms with Crippen molar-refractivity contribution in [3.63, 3.8) is 0 Å². The van der Waals surface area contributed by atoms with E-state index in [4.69, 9.17) is 16.2 Å². The molecule has 1 unspecified atom stereocenters. The van der Waals surface area contributed by atoms with Gasteiger partial charge in [-0.1, -0.05) is 0 Å². The van der Waals surface area contributed by atoms with E-state index in [1.165, 1.54) is 6.07 Å². The average molecular weight is 281 g/mol. The number of anilines is 2. The molecule has 1 aromatic rings. The van der Waals surface area contributed by atoms with Crippen LogP contribution in [0.25, 0.3) is 0 Å². The maximum absolute atomic E-state index is 13.7. The largest absolute Gasteiger partial charge is 0.491 e. The van der Waals surface area contributed by atoms with Crippen LogP contribution >= 0.6 is 0 Å². The number of halogens is 1. The van der Waals surface area contributed by atoms with Crippen LogP contribution in [0.3, 0.4) is 0 Å². The number of primary amides is 1. The molecule has 1 aromatic carbocycles. The Hall–Kier alpha value is -1.98. The number of nitrogens with two attached hydrogens (primary N) is 2. The summed E-state index contributed by atoms with van der Waals surface area (Å²) in [7, 11) is 0. The van der Waals surface area contributed by atoms with Crippen molar-refractivity contribution in [1.29, 1.82) is 0 Å². The zero-order chi connectivity index (χ0) is 14.7. The number of nitrogen functional groups attached to an aromatic ring is 1. The van der Waals surface area contributed by atoms with Crippen LogP contribution < -0.4 is 21.1 Å². The van der Waals surface area contributed by atoms with E-state index in [-0.39, 0.29) is 11.7 Å². The van der Waals surface area contributed by atoms with Crippen LogP contribution in [-0.4, -0.2) is 25.1 Å². The number of ether oxygens (including phenoxy) is 1. The molecule has 110 valence electrons. The Labute approximate surface area is 117 Å². The van der Waals surface area contributed by atoms with E-state index in [0.29, 0.717) is 30.9 Å². The lowest BCUT2D eigenvalue weighted by atomic mass is 10.00. The number of carbonyl (C=O) groups excluding carboxylic acids is 1. The van der Waals surface area contributed by atoms with Crippen LogP contribution in [0.2, 0.25) is 0 Å². The number of hydrogen-bond donors (Lipinski definition) is 2. The highest BCUT2D eigenvalue weighted by Crippen LogP contribution is 2.34. The molecule has 1 atom stereocenters. The molecule has 0 bridgehead atoms. The maximum atomic E-state index is 13.7. The molecule has 0 aliphatic carbocycles. The summed E-state index contributed by atoms with van der Waals surface area (Å²) in [6, 6.07) is 2.38. The van der Waals surface area contributed by atoms with E-state index < -0.39 is 11.9 Å². The summed E-state index contributed by atoms with van der Waals surface area (Å²) < 4.78 is 19.0. The van der Waals surface area contributed by atoms with Gasteiger partial charge in [0.15, 0.2) is 11.6 Å². The van der Waals surface area contributed by atoms with Crippen molar-refractivity contribution in [1.82, 2.24) is 0 Å². The van der Waals surface area contributed by atoms with Crippen LogP contribution in [0.1, 0.15) is 26.2 Å². The van der Waals surface area contributed by atoms with Gasteiger partial charge in [0.05, 0.1) is 18.0 Å². The maximum Gasteiger partial charge on any atom is 0.240 e. The molecule has 1 aliphatic heterocycles. The van der Waals surface area contributed by atoms with E-state index in [2.05, 4.69) is 0 Å². The van der Waals surface area contributed by atoms with Crippen LogP contribution in [0.15, 0.2) is 12.1 Å². The molecular weight excluding hydrogens is 261 g/mol. The quantitative estimate of drug-likeness (QED) is 0.822. The van der Waals surface area contributed by atoms with Gasteiger partial charge >= 0.3 is 0 Å². The Morgan fingerprint density at radius 3 is 2.90 bits per heavy atom. The minimum absolute atomic E-state index is 0.144. The summed E-state index contributed by atoms with van der Waals surface area (Å²) in [4.78, 5) is 13.4. The van der Waals surface area contributed by atoms with Crippen molar-refractivity contribution in [2.24, 2.45) is 5.73 Å². The summed E-state index contributed by atoms with van der Waals surface area (Å²) in [5.41, 5.74) is 12.2. The molecule has 0 saturated carbocycles. The monoisotopic (exact) mass is 281 g/mol. The van der Waals surface area contributed by atoms with Gasteiger partial charge in [0.2, 0.25) is 5.91 Å². The number of rotatable bonds is 4. The third-order valence-corrected chi connectivity index (χ3v) is 3.52. The van der Waals surface area contributed by atoms with Gasteiger partial charge in [0, 0.05) is 18.7 Å². The van der Waals surface area contributed by atoms with Crippen molar-refractivity contribution in [3.05, 3.63) is 17.9 Å². The van der Waals surface area contributed by atoms with Gasteiger partial charge in [-0.25, -0.2) is 4.39 Å². The molecule has 4 N–H and O–H groups in total. The standard InChI is InChI=1S/C14H20FN3O2/c1-2-20-13-8-12(10(16)7-9(13)15)18-6-4-3-5-11(18)14(17)19/h7-8,11H,2-6,16H2,1H3,(H2,17,19). The smallest absolute Gasteiger partial charge is 0.240 e. The molecule has 20 heavy (non-hydrogen) atoms. The zero-order valence-electron chi connectivity index (χ0n) is 11.6. The summed E-state index contributed by atoms with van der Waals surface area (Å²) in [6.45, 7) is 2.82. The van der Waals surface area contributed by atoms with Crippen molar-refractivity contribution in [3.8, 4) is 5.75 Å². The minimum atomic E-state index is -0.499. The Kier molecular flexibility index (Phi) is 4.32. The molecule has 5 nitrogen and oxygen atoms in total. The zero-order valence-corrected chi connectivity index (χ0v) is 11.6. The number of amides is 1. The second-order valence-electron chi connectivity index (χ2n) is 4.88. The van der Waals surface area contributed by atoms with Gasteiger partial charge in [-0.3, -0.25) is 4.79 Å². The number of piperidine rings is 1. The van der Waals surface area contributed by atoms with Crippen molar-refractivity contribution >= 4 is 17.3 Å². The van der Waals surface area contributed by atoms with E-state index in [9.17, 15) is 9.18 Å². The Balaban J connectivity index is 2.39. The molecule has 2 rings (SSSR count). The molecule has 0 aromatic heterocycles. The normalized spacial score (nSPS) is 18.9. The number of benzene rings is 1. The van der Waals surface area contributed by atoms with Gasteiger partial charge < -0.3 is 21.1 Å². The predicted octanol–water partition coefficient (Wildman–Crippen LogP) is 1.65. The van der Waals surface area contributed by atoms with Crippen molar-refractivity contribution in [2.45, 2.75) is 32.2 Å². The average Bonchev–Trinajstić information content (AvgIpc) is 2.42. The molecule has 1 fully saturated rings. The first-order chi connectivity index (χ1) is 9.54. The second-order valence-corrected chi connectivity index (χ2v) is 4.88. The minimum Gasteiger partial charge on any atom is -0.491 e. The van der Waals surface area contributed by atoms with Gasteiger partial charge in [-0.15, -0.1) is 0 Å². The number of hydrogen-bond acceptors (Lipinski definition) is 4. The molecule has 6 heteroatoms. The Morgan fingerprint density at radius 1 is 1.50 bits per heavy atom. The van der Waals surface area contributed by atoms with Crippen LogP contribution in [-0.2, 0) is 4.79 Å². The molecule has 1 saturated heterocycles. The highest BCUT2D eigenvalue weighted by Gasteiger charge is 2.29. The highest BCUT2D eigenvalue weighted by atomic mass is 19.1. The van der Waals surface area contributed by atoms with E-state index >= 15 is 0 Å². The lowest BCUT2D eigenvalue weighted by Crippen LogP contribution is -2.48. The summed E-state index contributed by atoms with van der Waals surface area (Å²) in [5.74, 6) is -0.738. The fraction of sp³-hybridized carbons (Fsp3) is 0.500. The molecule has 1 heterocycles. The topological polar surface area (TPSA) is 81.6 Å². The van der Waals surface area contributed by atoms with E-state index in [0.717, 1.165) is 12.8 Å². The van der Waals surface area contributed by atoms with Crippen LogP contribution in [0, 0.1) is 5.82 Å². The first-order valence-electron chi connectivity index (χ1n) is 6.82. The van der Waals surface area contributed by atoms with E-state index in [1.807, 2.05) is 4.90 Å². The Bertz CT molecular complexity index is 507. The van der Waals surface area contributed by atoms with Crippen molar-refractivity contribution < 1.29 is 13.9 Å². The summed E-state index contributed by atoms with van der Waals surface area (Å²) in [5, 5.41) is 0. The fourth-order valence-electron chi connectivity index (χ4n) is 2.59. The molecule has 0 radical (unpaired) electrons. The number of carbonyl (C=O) groups is 1. The molecule has 0 spiro atoms. The van der Waals surface area contributed by atoms with Crippen LogP contribution in [0.4, 0.5) is 15.8 Å². The summed E-state index contributed by atoms with van der Waals surface area (Å²) in [6.07, 6.45) is 2.59. The Morgan fingerprint density at radius 2 is 2.25 bits per heavy atom. The lowest BCUT2D eigenvalue weighted by Gasteiger charge is -2.36. The first kappa shape index (κ1) is 14.4. The van der Waals surface area contributed by atoms with E-state index in [1.54, 1.807) is 13.0 Å². The third-order valence-electron chi connectivity index (χ3n) is 3.52. The van der Waals surface area contributed by atoms with Crippen molar-refractivity contribution in [2.75, 3.05) is 23.8 Å². The molecule has 1 amide bonds. The second kappa shape index (κ2) is 5.98. The van der Waals surface area contributed by atoms with Gasteiger partial charge in [0.1, 0.15) is 6.04 Å². The van der Waals surface area contributed by atoms with Crippen LogP contribution in [0.5, 0.6) is 5.75 Å². The van der Waals surface area contributed by atoms with Gasteiger partial charge in [0.25, 0.3) is 0 Å².